The van der Waals surface area contributed by atoms with Gasteiger partial charge in [-0.2, -0.15) is 0 Å². The van der Waals surface area contributed by atoms with Gasteiger partial charge in [-0.15, -0.1) is 0 Å². The van der Waals surface area contributed by atoms with E-state index in [0.29, 0.717) is 10.4 Å². The lowest BCUT2D eigenvalue weighted by Gasteiger charge is -2.08. The van der Waals surface area contributed by atoms with Crippen molar-refractivity contribution in [2.45, 2.75) is 18.9 Å². The lowest BCUT2D eigenvalue weighted by atomic mass is 10.4. The molecule has 88 valence electrons. The van der Waals surface area contributed by atoms with E-state index in [0.717, 1.165) is 19.1 Å². The number of anilines is 1. The van der Waals surface area contributed by atoms with Crippen LogP contribution in [-0.4, -0.2) is 25.8 Å². The summed E-state index contributed by atoms with van der Waals surface area (Å²) in [5.41, 5.74) is 0. The Bertz CT molecular complexity index is 499. The smallest absolute Gasteiger partial charge is 0.230 e. The Kier molecular flexibility index (Phi) is 3.07. The van der Waals surface area contributed by atoms with Crippen molar-refractivity contribution >= 4 is 31.8 Å². The molecule has 0 spiro atoms. The summed E-state index contributed by atoms with van der Waals surface area (Å²) in [6.07, 6.45) is 3.45. The zero-order valence-electron chi connectivity index (χ0n) is 8.60. The van der Waals surface area contributed by atoms with Crippen molar-refractivity contribution in [2.75, 3.05) is 11.0 Å². The number of pyridine rings is 1. The van der Waals surface area contributed by atoms with Crippen LogP contribution in [0.3, 0.4) is 0 Å². The van der Waals surface area contributed by atoms with Gasteiger partial charge in [0, 0.05) is 12.1 Å². The summed E-state index contributed by atoms with van der Waals surface area (Å²) in [5.74, 6) is 0.878. The Morgan fingerprint density at radius 1 is 1.50 bits per heavy atom. The van der Waals surface area contributed by atoms with E-state index in [2.05, 4.69) is 25.6 Å². The van der Waals surface area contributed by atoms with Crippen molar-refractivity contribution in [1.82, 2.24) is 4.98 Å². The van der Waals surface area contributed by atoms with Gasteiger partial charge in [0.2, 0.25) is 10.0 Å². The quantitative estimate of drug-likeness (QED) is 0.861. The van der Waals surface area contributed by atoms with Crippen molar-refractivity contribution in [3.8, 4) is 5.75 Å². The van der Waals surface area contributed by atoms with Gasteiger partial charge in [0.15, 0.2) is 0 Å². The van der Waals surface area contributed by atoms with Crippen LogP contribution in [0.2, 0.25) is 0 Å². The number of sulfonamides is 1. The molecule has 0 amide bonds. The van der Waals surface area contributed by atoms with E-state index in [1.54, 1.807) is 12.1 Å². The Hall–Kier alpha value is -0.820. The van der Waals surface area contributed by atoms with Crippen LogP contribution >= 0.6 is 15.9 Å². The molecular weight excluding hydrogens is 296 g/mol. The molecule has 1 aliphatic carbocycles. The highest BCUT2D eigenvalue weighted by Gasteiger charge is 2.23. The third-order valence-electron chi connectivity index (χ3n) is 1.88. The SMILES string of the molecule is CS(=O)(=O)Nc1cc(OC2CC2)cc(Br)n1. The highest BCUT2D eigenvalue weighted by molar-refractivity contribution is 9.10. The first-order chi connectivity index (χ1) is 7.42. The average Bonchev–Trinajstić information content (AvgIpc) is 2.82. The summed E-state index contributed by atoms with van der Waals surface area (Å²) in [6, 6.07) is 3.29. The summed E-state index contributed by atoms with van der Waals surface area (Å²) in [4.78, 5) is 3.99. The fraction of sp³-hybridized carbons (Fsp3) is 0.444. The molecule has 16 heavy (non-hydrogen) atoms. The highest BCUT2D eigenvalue weighted by Crippen LogP contribution is 2.29. The molecular formula is C9H11BrN2O3S. The summed E-state index contributed by atoms with van der Waals surface area (Å²) in [5, 5.41) is 0. The van der Waals surface area contributed by atoms with Crippen molar-refractivity contribution in [3.05, 3.63) is 16.7 Å². The van der Waals surface area contributed by atoms with Crippen molar-refractivity contribution in [1.29, 1.82) is 0 Å². The Balaban J connectivity index is 2.20. The zero-order valence-corrected chi connectivity index (χ0v) is 11.0. The molecule has 0 bridgehead atoms. The molecule has 5 nitrogen and oxygen atoms in total. The monoisotopic (exact) mass is 306 g/mol. The van der Waals surface area contributed by atoms with E-state index in [-0.39, 0.29) is 11.9 Å². The summed E-state index contributed by atoms with van der Waals surface area (Å²) in [7, 11) is -3.31. The molecule has 1 N–H and O–H groups in total. The average molecular weight is 307 g/mol. The Morgan fingerprint density at radius 3 is 2.75 bits per heavy atom. The van der Waals surface area contributed by atoms with Gasteiger partial charge in [-0.05, 0) is 28.8 Å². The lowest BCUT2D eigenvalue weighted by Crippen LogP contribution is -2.11. The maximum absolute atomic E-state index is 11.1. The first-order valence-electron chi connectivity index (χ1n) is 4.74. The van der Waals surface area contributed by atoms with Gasteiger partial charge in [-0.1, -0.05) is 0 Å². The van der Waals surface area contributed by atoms with Crippen molar-refractivity contribution in [3.63, 3.8) is 0 Å². The maximum atomic E-state index is 11.1. The van der Waals surface area contributed by atoms with Gasteiger partial charge >= 0.3 is 0 Å². The van der Waals surface area contributed by atoms with Crippen LogP contribution in [0.5, 0.6) is 5.75 Å². The van der Waals surface area contributed by atoms with Crippen LogP contribution in [0.1, 0.15) is 12.8 Å². The molecule has 2 rings (SSSR count). The standard InChI is InChI=1S/C9H11BrN2O3S/c1-16(13,14)12-9-5-7(4-8(10)11-9)15-6-2-3-6/h4-6H,2-3H2,1H3,(H,11,12). The van der Waals surface area contributed by atoms with Crippen LogP contribution < -0.4 is 9.46 Å². The van der Waals surface area contributed by atoms with Gasteiger partial charge in [-0.3, -0.25) is 4.72 Å². The molecule has 1 fully saturated rings. The number of hydrogen-bond donors (Lipinski definition) is 1. The number of ether oxygens (including phenoxy) is 1. The largest absolute Gasteiger partial charge is 0.490 e. The van der Waals surface area contributed by atoms with E-state index in [4.69, 9.17) is 4.74 Å². The van der Waals surface area contributed by atoms with E-state index < -0.39 is 10.0 Å². The van der Waals surface area contributed by atoms with Gasteiger partial charge in [0.25, 0.3) is 0 Å². The second kappa shape index (κ2) is 4.21. The number of hydrogen-bond acceptors (Lipinski definition) is 4. The minimum Gasteiger partial charge on any atom is -0.490 e. The fourth-order valence-electron chi connectivity index (χ4n) is 1.16. The van der Waals surface area contributed by atoms with E-state index in [1.807, 2.05) is 0 Å². The van der Waals surface area contributed by atoms with Gasteiger partial charge in [0.05, 0.1) is 12.4 Å². The molecule has 0 aliphatic heterocycles. The topological polar surface area (TPSA) is 68.3 Å². The molecule has 1 saturated carbocycles. The molecule has 1 aromatic heterocycles. The zero-order chi connectivity index (χ0) is 11.8. The molecule has 0 atom stereocenters. The Labute approximate surface area is 102 Å². The Morgan fingerprint density at radius 2 is 2.19 bits per heavy atom. The molecule has 1 aliphatic rings. The van der Waals surface area contributed by atoms with Crippen molar-refractivity contribution < 1.29 is 13.2 Å². The maximum Gasteiger partial charge on any atom is 0.230 e. The molecule has 0 saturated heterocycles. The van der Waals surface area contributed by atoms with Crippen LogP contribution in [-0.2, 0) is 10.0 Å². The normalized spacial score (nSPS) is 15.9. The van der Waals surface area contributed by atoms with E-state index in [9.17, 15) is 8.42 Å². The molecule has 1 heterocycles. The molecule has 0 aromatic carbocycles. The van der Waals surface area contributed by atoms with Gasteiger partial charge in [-0.25, -0.2) is 13.4 Å². The van der Waals surface area contributed by atoms with Crippen LogP contribution in [0.25, 0.3) is 0 Å². The summed E-state index contributed by atoms with van der Waals surface area (Å²) in [6.45, 7) is 0. The minimum atomic E-state index is -3.31. The molecule has 7 heteroatoms. The summed E-state index contributed by atoms with van der Waals surface area (Å²) >= 11 is 3.20. The third-order valence-corrected chi connectivity index (χ3v) is 2.87. The molecule has 0 unspecified atom stereocenters. The number of nitrogens with one attached hydrogen (secondary N) is 1. The number of nitrogens with zero attached hydrogens (tertiary/aromatic N) is 1. The predicted octanol–water partition coefficient (Wildman–Crippen LogP) is 1.76. The predicted molar refractivity (Wildman–Crippen MR) is 64.1 cm³/mol. The lowest BCUT2D eigenvalue weighted by molar-refractivity contribution is 0.303. The summed E-state index contributed by atoms with van der Waals surface area (Å²) < 4.78 is 30.5. The van der Waals surface area contributed by atoms with E-state index in [1.165, 1.54) is 0 Å². The first kappa shape index (κ1) is 11.7. The number of rotatable bonds is 4. The fourth-order valence-corrected chi connectivity index (χ4v) is 2.06. The molecule has 0 radical (unpaired) electrons. The number of aromatic nitrogens is 1. The second-order valence-electron chi connectivity index (χ2n) is 3.70. The highest BCUT2D eigenvalue weighted by atomic mass is 79.9. The van der Waals surface area contributed by atoms with Gasteiger partial charge < -0.3 is 4.74 Å². The molecule has 1 aromatic rings. The first-order valence-corrected chi connectivity index (χ1v) is 7.43. The van der Waals surface area contributed by atoms with Crippen LogP contribution in [0, 0.1) is 0 Å². The number of halogens is 1. The van der Waals surface area contributed by atoms with Gasteiger partial charge in [0.1, 0.15) is 16.2 Å². The minimum absolute atomic E-state index is 0.257. The van der Waals surface area contributed by atoms with Crippen LogP contribution in [0.4, 0.5) is 5.82 Å². The van der Waals surface area contributed by atoms with E-state index >= 15 is 0 Å². The van der Waals surface area contributed by atoms with Crippen molar-refractivity contribution in [2.24, 2.45) is 0 Å². The third kappa shape index (κ3) is 3.64. The van der Waals surface area contributed by atoms with Crippen LogP contribution in [0.15, 0.2) is 16.7 Å². The second-order valence-corrected chi connectivity index (χ2v) is 6.26.